The Morgan fingerprint density at radius 1 is 1.11 bits per heavy atom. The summed E-state index contributed by atoms with van der Waals surface area (Å²) in [6, 6.07) is 6.05. The van der Waals surface area contributed by atoms with Gasteiger partial charge in [-0.1, -0.05) is 11.6 Å². The molecule has 0 fully saturated rings. The number of anilines is 1. The molecule has 0 radical (unpaired) electrons. The van der Waals surface area contributed by atoms with Crippen molar-refractivity contribution in [3.8, 4) is 17.0 Å². The van der Waals surface area contributed by atoms with E-state index in [0.717, 1.165) is 29.8 Å². The lowest BCUT2D eigenvalue weighted by molar-refractivity contribution is 0.413. The molecule has 19 heavy (non-hydrogen) atoms. The van der Waals surface area contributed by atoms with Crippen molar-refractivity contribution in [1.29, 1.82) is 0 Å². The lowest BCUT2D eigenvalue weighted by Crippen LogP contribution is -1.96. The number of fused-ring (bicyclic) bond motifs is 1. The van der Waals surface area contributed by atoms with E-state index < -0.39 is 0 Å². The van der Waals surface area contributed by atoms with Gasteiger partial charge in [-0.15, -0.1) is 0 Å². The number of ether oxygens (including phenoxy) is 1. The number of nitrogens with zero attached hydrogens (tertiary/aromatic N) is 1. The Morgan fingerprint density at radius 2 is 1.84 bits per heavy atom. The largest absolute Gasteiger partial charge is 0.496 e. The maximum absolute atomic E-state index is 5.60. The molecule has 1 aromatic heterocycles. The molecule has 0 spiro atoms. The summed E-state index contributed by atoms with van der Waals surface area (Å²) in [5.74, 6) is 1.17. The fourth-order valence-corrected chi connectivity index (χ4v) is 2.73. The highest BCUT2D eigenvalue weighted by atomic mass is 16.5. The van der Waals surface area contributed by atoms with Crippen molar-refractivity contribution >= 4 is 5.88 Å². The Bertz CT molecular complexity index is 590. The van der Waals surface area contributed by atoms with Gasteiger partial charge in [0.2, 0.25) is 5.88 Å². The Morgan fingerprint density at radius 3 is 2.47 bits per heavy atom. The van der Waals surface area contributed by atoms with Gasteiger partial charge in [-0.3, -0.25) is 0 Å². The number of methoxy groups -OCH3 is 1. The van der Waals surface area contributed by atoms with Crippen LogP contribution in [0.2, 0.25) is 0 Å². The fourth-order valence-electron chi connectivity index (χ4n) is 2.73. The highest BCUT2D eigenvalue weighted by Gasteiger charge is 2.16. The summed E-state index contributed by atoms with van der Waals surface area (Å²) in [6.45, 7) is 0. The Kier molecular flexibility index (Phi) is 3.15. The summed E-state index contributed by atoms with van der Waals surface area (Å²) in [5.41, 5.74) is 10.1. The molecule has 0 saturated carbocycles. The van der Waals surface area contributed by atoms with Crippen molar-refractivity contribution in [3.63, 3.8) is 0 Å². The third kappa shape index (κ3) is 2.30. The molecule has 4 heteroatoms. The molecule has 1 heterocycles. The normalized spacial score (nSPS) is 14.8. The predicted octanol–water partition coefficient (Wildman–Crippen LogP) is 3.20. The molecule has 2 aromatic rings. The van der Waals surface area contributed by atoms with Crippen LogP contribution in [0.3, 0.4) is 0 Å². The molecule has 0 unspecified atom stereocenters. The third-order valence-corrected chi connectivity index (χ3v) is 3.72. The fraction of sp³-hybridized carbons (Fsp3) is 0.400. The minimum Gasteiger partial charge on any atom is -0.496 e. The van der Waals surface area contributed by atoms with Crippen LogP contribution in [-0.4, -0.2) is 12.3 Å². The maximum Gasteiger partial charge on any atom is 0.222 e. The zero-order chi connectivity index (χ0) is 13.2. The number of aromatic nitrogens is 1. The van der Waals surface area contributed by atoms with Gasteiger partial charge in [-0.2, -0.15) is 0 Å². The van der Waals surface area contributed by atoms with Crippen molar-refractivity contribution in [2.75, 3.05) is 12.8 Å². The smallest absolute Gasteiger partial charge is 0.222 e. The van der Waals surface area contributed by atoms with Gasteiger partial charge in [-0.05, 0) is 48.9 Å². The minimum atomic E-state index is 0.326. The van der Waals surface area contributed by atoms with Gasteiger partial charge in [-0.25, -0.2) is 0 Å². The highest BCUT2D eigenvalue weighted by molar-refractivity contribution is 5.70. The number of nitrogens with two attached hydrogens (primary N) is 1. The van der Waals surface area contributed by atoms with Gasteiger partial charge in [0.1, 0.15) is 11.4 Å². The molecule has 1 aliphatic carbocycles. The first-order chi connectivity index (χ1) is 9.28. The molecular formula is C15H18N2O2. The van der Waals surface area contributed by atoms with Crippen LogP contribution >= 0.6 is 0 Å². The number of benzene rings is 1. The Hall–Kier alpha value is -1.97. The van der Waals surface area contributed by atoms with Gasteiger partial charge in [0, 0.05) is 11.6 Å². The lowest BCUT2D eigenvalue weighted by Gasteiger charge is -2.12. The van der Waals surface area contributed by atoms with Crippen LogP contribution in [0.1, 0.15) is 30.4 Å². The minimum absolute atomic E-state index is 0.326. The van der Waals surface area contributed by atoms with Crippen LogP contribution in [0.4, 0.5) is 5.88 Å². The second-order valence-corrected chi connectivity index (χ2v) is 5.00. The summed E-state index contributed by atoms with van der Waals surface area (Å²) in [4.78, 5) is 0. The van der Waals surface area contributed by atoms with Crippen molar-refractivity contribution in [2.45, 2.75) is 32.1 Å². The molecule has 1 aliphatic rings. The maximum atomic E-state index is 5.60. The van der Waals surface area contributed by atoms with Crippen molar-refractivity contribution in [2.24, 2.45) is 0 Å². The first-order valence-electron chi connectivity index (χ1n) is 6.70. The first-order valence-corrected chi connectivity index (χ1v) is 6.70. The third-order valence-electron chi connectivity index (χ3n) is 3.72. The van der Waals surface area contributed by atoms with E-state index in [-0.39, 0.29) is 0 Å². The Labute approximate surface area is 112 Å². The monoisotopic (exact) mass is 258 g/mol. The molecule has 2 N–H and O–H groups in total. The van der Waals surface area contributed by atoms with E-state index in [4.69, 9.17) is 15.0 Å². The molecule has 3 rings (SSSR count). The molecule has 1 aromatic carbocycles. The van der Waals surface area contributed by atoms with E-state index >= 15 is 0 Å². The van der Waals surface area contributed by atoms with Gasteiger partial charge in [0.05, 0.1) is 7.11 Å². The summed E-state index contributed by atoms with van der Waals surface area (Å²) < 4.78 is 10.5. The molecule has 0 bridgehead atoms. The topological polar surface area (TPSA) is 61.3 Å². The summed E-state index contributed by atoms with van der Waals surface area (Å²) >= 11 is 0. The van der Waals surface area contributed by atoms with Crippen molar-refractivity contribution in [1.82, 2.24) is 5.16 Å². The van der Waals surface area contributed by atoms with E-state index in [1.54, 1.807) is 13.2 Å². The molecule has 100 valence electrons. The molecular weight excluding hydrogens is 240 g/mol. The number of rotatable bonds is 2. The average Bonchev–Trinajstić information content (AvgIpc) is 2.72. The average molecular weight is 258 g/mol. The van der Waals surface area contributed by atoms with Gasteiger partial charge in [0.15, 0.2) is 0 Å². The zero-order valence-corrected chi connectivity index (χ0v) is 11.1. The predicted molar refractivity (Wildman–Crippen MR) is 74.2 cm³/mol. The van der Waals surface area contributed by atoms with E-state index in [1.807, 2.05) is 0 Å². The van der Waals surface area contributed by atoms with Crippen molar-refractivity contribution < 1.29 is 9.26 Å². The molecule has 0 aliphatic heterocycles. The molecule has 0 amide bonds. The lowest BCUT2D eigenvalue weighted by atomic mass is 9.97. The number of hydrogen-bond donors (Lipinski definition) is 1. The number of nitrogen functional groups attached to an aromatic ring is 1. The van der Waals surface area contributed by atoms with Crippen LogP contribution in [0.15, 0.2) is 22.7 Å². The Balaban J connectivity index is 2.10. The van der Waals surface area contributed by atoms with E-state index in [2.05, 4.69) is 17.3 Å². The van der Waals surface area contributed by atoms with E-state index in [9.17, 15) is 0 Å². The molecule has 4 nitrogen and oxygen atoms in total. The SMILES string of the molecule is COc1cc2c(cc1-c1cc(N)on1)CCCCC2. The zero-order valence-electron chi connectivity index (χ0n) is 11.1. The standard InChI is InChI=1S/C15H18N2O2/c1-18-14-8-11-6-4-2-3-5-10(11)7-12(14)13-9-15(16)19-17-13/h7-9H,2-6,16H2,1H3. The van der Waals surface area contributed by atoms with Crippen LogP contribution in [-0.2, 0) is 12.8 Å². The number of aryl methyl sites for hydroxylation is 2. The van der Waals surface area contributed by atoms with Crippen LogP contribution < -0.4 is 10.5 Å². The quantitative estimate of drug-likeness (QED) is 0.840. The van der Waals surface area contributed by atoms with E-state index in [0.29, 0.717) is 5.88 Å². The van der Waals surface area contributed by atoms with E-state index in [1.165, 1.54) is 30.4 Å². The van der Waals surface area contributed by atoms with Crippen LogP contribution in [0.25, 0.3) is 11.3 Å². The van der Waals surface area contributed by atoms with Gasteiger partial charge < -0.3 is 15.0 Å². The van der Waals surface area contributed by atoms with Crippen LogP contribution in [0, 0.1) is 0 Å². The van der Waals surface area contributed by atoms with Crippen LogP contribution in [0.5, 0.6) is 5.75 Å². The highest BCUT2D eigenvalue weighted by Crippen LogP contribution is 2.35. The summed E-state index contributed by atoms with van der Waals surface area (Å²) in [5, 5.41) is 3.99. The molecule has 0 saturated heterocycles. The summed E-state index contributed by atoms with van der Waals surface area (Å²) in [7, 11) is 1.69. The van der Waals surface area contributed by atoms with Crippen molar-refractivity contribution in [3.05, 3.63) is 29.3 Å². The van der Waals surface area contributed by atoms with Gasteiger partial charge in [0.25, 0.3) is 0 Å². The first kappa shape index (κ1) is 12.1. The van der Waals surface area contributed by atoms with Gasteiger partial charge >= 0.3 is 0 Å². The molecule has 0 atom stereocenters. The summed E-state index contributed by atoms with van der Waals surface area (Å²) in [6.07, 6.45) is 6.06. The second-order valence-electron chi connectivity index (χ2n) is 5.00. The second kappa shape index (κ2) is 4.96. The number of hydrogen-bond acceptors (Lipinski definition) is 4.